The van der Waals surface area contributed by atoms with Crippen LogP contribution in [0.2, 0.25) is 0 Å². The summed E-state index contributed by atoms with van der Waals surface area (Å²) in [5.74, 6) is 0.534. The number of likely N-dealkylation sites (tertiary alicyclic amines) is 1. The average Bonchev–Trinajstić information content (AvgIpc) is 3.30. The summed E-state index contributed by atoms with van der Waals surface area (Å²) in [5.41, 5.74) is 1.34. The Kier molecular flexibility index (Phi) is 6.96. The van der Waals surface area contributed by atoms with E-state index in [0.717, 1.165) is 25.2 Å². The number of nitrogens with zero attached hydrogens (tertiary/aromatic N) is 3. The highest BCUT2D eigenvalue weighted by Gasteiger charge is 2.17. The first-order chi connectivity index (χ1) is 15.6. The number of hydrogen-bond donors (Lipinski definition) is 1. The molecule has 1 amide bonds. The highest BCUT2D eigenvalue weighted by atomic mass is 16.5. The highest BCUT2D eigenvalue weighted by molar-refractivity contribution is 5.89. The number of hydrogen-bond acceptors (Lipinski definition) is 8. The third-order valence-electron chi connectivity index (χ3n) is 5.39. The van der Waals surface area contributed by atoms with Crippen LogP contribution in [0.1, 0.15) is 41.3 Å². The van der Waals surface area contributed by atoms with Crippen LogP contribution in [0.25, 0.3) is 11.4 Å². The fraction of sp³-hybridized carbons (Fsp3) is 0.391. The van der Waals surface area contributed by atoms with Crippen molar-refractivity contribution in [1.82, 2.24) is 20.4 Å². The van der Waals surface area contributed by atoms with Gasteiger partial charge in [-0.3, -0.25) is 9.59 Å². The molecule has 9 heteroatoms. The van der Waals surface area contributed by atoms with Crippen molar-refractivity contribution in [2.45, 2.75) is 32.8 Å². The molecule has 3 heterocycles. The zero-order chi connectivity index (χ0) is 22.3. The Morgan fingerprint density at radius 1 is 1.16 bits per heavy atom. The SMILES string of the molecule is Cc1occc(=O)c1OCc1ccc(-c2noc(C(=O)NCCN3CCCCC3)n2)cc1. The number of aryl methyl sites for hydroxylation is 1. The third kappa shape index (κ3) is 5.42. The Labute approximate surface area is 185 Å². The van der Waals surface area contributed by atoms with Crippen LogP contribution >= 0.6 is 0 Å². The molecule has 0 spiro atoms. The molecule has 0 aliphatic carbocycles. The number of aromatic nitrogens is 2. The van der Waals surface area contributed by atoms with Crippen LogP contribution in [0.3, 0.4) is 0 Å². The maximum Gasteiger partial charge on any atom is 0.316 e. The van der Waals surface area contributed by atoms with E-state index < -0.39 is 0 Å². The summed E-state index contributed by atoms with van der Waals surface area (Å²) >= 11 is 0. The second-order valence-electron chi connectivity index (χ2n) is 7.74. The van der Waals surface area contributed by atoms with E-state index in [1.165, 1.54) is 31.6 Å². The second kappa shape index (κ2) is 10.2. The zero-order valence-electron chi connectivity index (χ0n) is 18.0. The molecule has 0 saturated carbocycles. The number of ether oxygens (including phenoxy) is 1. The summed E-state index contributed by atoms with van der Waals surface area (Å²) in [6, 6.07) is 8.61. The van der Waals surface area contributed by atoms with Gasteiger partial charge in [0.05, 0.1) is 6.26 Å². The molecule has 1 fully saturated rings. The third-order valence-corrected chi connectivity index (χ3v) is 5.39. The normalized spacial score (nSPS) is 14.3. The molecular weight excluding hydrogens is 412 g/mol. The minimum atomic E-state index is -0.372. The molecule has 1 saturated heterocycles. The van der Waals surface area contributed by atoms with E-state index in [0.29, 0.717) is 23.7 Å². The monoisotopic (exact) mass is 438 g/mol. The Morgan fingerprint density at radius 2 is 1.94 bits per heavy atom. The highest BCUT2D eigenvalue weighted by Crippen LogP contribution is 2.18. The minimum absolute atomic E-state index is 0.0580. The number of rotatable bonds is 8. The molecule has 0 atom stereocenters. The molecule has 3 aromatic rings. The van der Waals surface area contributed by atoms with Crippen molar-refractivity contribution in [3.05, 3.63) is 64.0 Å². The van der Waals surface area contributed by atoms with Crippen molar-refractivity contribution in [3.63, 3.8) is 0 Å². The van der Waals surface area contributed by atoms with Crippen molar-refractivity contribution < 1.29 is 18.5 Å². The van der Waals surface area contributed by atoms with E-state index in [9.17, 15) is 9.59 Å². The van der Waals surface area contributed by atoms with Crippen LogP contribution < -0.4 is 15.5 Å². The molecule has 1 aromatic carbocycles. The number of carbonyl (C=O) groups is 1. The maximum absolute atomic E-state index is 12.3. The fourth-order valence-electron chi connectivity index (χ4n) is 3.60. The van der Waals surface area contributed by atoms with Gasteiger partial charge in [0.2, 0.25) is 17.0 Å². The summed E-state index contributed by atoms with van der Waals surface area (Å²) < 4.78 is 15.9. The standard InChI is InChI=1S/C23H26N4O5/c1-16-20(19(28)9-14-30-16)31-15-17-5-7-18(8-6-17)21-25-23(32-26-21)22(29)24-10-13-27-11-3-2-4-12-27/h5-9,14H,2-4,10-13,15H2,1H3,(H,24,29). The first kappa shape index (κ1) is 21.8. The van der Waals surface area contributed by atoms with Crippen molar-refractivity contribution >= 4 is 5.91 Å². The molecule has 4 rings (SSSR count). The van der Waals surface area contributed by atoms with E-state index in [2.05, 4.69) is 20.4 Å². The molecule has 1 N–H and O–H groups in total. The Morgan fingerprint density at radius 3 is 2.69 bits per heavy atom. The number of amides is 1. The van der Waals surface area contributed by atoms with Gasteiger partial charge in [-0.2, -0.15) is 4.98 Å². The van der Waals surface area contributed by atoms with Crippen molar-refractivity contribution in [2.75, 3.05) is 26.2 Å². The Balaban J connectivity index is 1.30. The first-order valence-corrected chi connectivity index (χ1v) is 10.7. The Bertz CT molecular complexity index is 1100. The maximum atomic E-state index is 12.3. The van der Waals surface area contributed by atoms with Crippen molar-refractivity contribution in [2.24, 2.45) is 0 Å². The second-order valence-corrected chi connectivity index (χ2v) is 7.74. The first-order valence-electron chi connectivity index (χ1n) is 10.7. The summed E-state index contributed by atoms with van der Waals surface area (Å²) in [5, 5.41) is 6.74. The molecule has 1 aliphatic rings. The van der Waals surface area contributed by atoms with Crippen molar-refractivity contribution in [1.29, 1.82) is 0 Å². The van der Waals surface area contributed by atoms with Gasteiger partial charge in [0.25, 0.3) is 0 Å². The van der Waals surface area contributed by atoms with Gasteiger partial charge < -0.3 is 23.9 Å². The van der Waals surface area contributed by atoms with E-state index in [-0.39, 0.29) is 29.6 Å². The summed E-state index contributed by atoms with van der Waals surface area (Å²) in [4.78, 5) is 30.7. The lowest BCUT2D eigenvalue weighted by Crippen LogP contribution is -2.37. The van der Waals surface area contributed by atoms with Crippen LogP contribution in [-0.4, -0.2) is 47.1 Å². The summed E-state index contributed by atoms with van der Waals surface area (Å²) in [6.45, 7) is 5.43. The molecule has 2 aromatic heterocycles. The van der Waals surface area contributed by atoms with Crippen LogP contribution in [0.4, 0.5) is 0 Å². The number of piperidine rings is 1. The molecule has 168 valence electrons. The van der Waals surface area contributed by atoms with Crippen LogP contribution in [0.15, 0.2) is 50.3 Å². The van der Waals surface area contributed by atoms with E-state index in [4.69, 9.17) is 13.7 Å². The summed E-state index contributed by atoms with van der Waals surface area (Å²) in [7, 11) is 0. The molecule has 0 bridgehead atoms. The number of carbonyl (C=O) groups excluding carboxylic acids is 1. The summed E-state index contributed by atoms with van der Waals surface area (Å²) in [6.07, 6.45) is 5.06. The van der Waals surface area contributed by atoms with Gasteiger partial charge in [-0.1, -0.05) is 35.8 Å². The van der Waals surface area contributed by atoms with Crippen LogP contribution in [0, 0.1) is 6.92 Å². The molecule has 1 aliphatic heterocycles. The van der Waals surface area contributed by atoms with Crippen LogP contribution in [0.5, 0.6) is 5.75 Å². The number of nitrogens with one attached hydrogen (secondary N) is 1. The quantitative estimate of drug-likeness (QED) is 0.572. The largest absolute Gasteiger partial charge is 0.482 e. The van der Waals surface area contributed by atoms with E-state index in [1.807, 2.05) is 24.3 Å². The minimum Gasteiger partial charge on any atom is -0.482 e. The van der Waals surface area contributed by atoms with Gasteiger partial charge in [0.15, 0.2) is 0 Å². The molecule has 32 heavy (non-hydrogen) atoms. The van der Waals surface area contributed by atoms with Gasteiger partial charge in [0, 0.05) is 24.7 Å². The van der Waals surface area contributed by atoms with Crippen LogP contribution in [-0.2, 0) is 6.61 Å². The topological polar surface area (TPSA) is 111 Å². The molecular formula is C23H26N4O5. The lowest BCUT2D eigenvalue weighted by Gasteiger charge is -2.26. The fourth-order valence-corrected chi connectivity index (χ4v) is 3.60. The predicted molar refractivity (Wildman–Crippen MR) is 116 cm³/mol. The number of benzene rings is 1. The lowest BCUT2D eigenvalue weighted by molar-refractivity contribution is 0.0903. The molecule has 9 nitrogen and oxygen atoms in total. The van der Waals surface area contributed by atoms with Gasteiger partial charge in [0.1, 0.15) is 12.4 Å². The zero-order valence-corrected chi connectivity index (χ0v) is 18.0. The van der Waals surface area contributed by atoms with E-state index in [1.54, 1.807) is 6.92 Å². The van der Waals surface area contributed by atoms with Gasteiger partial charge in [-0.05, 0) is 38.4 Å². The van der Waals surface area contributed by atoms with Gasteiger partial charge in [-0.25, -0.2) is 0 Å². The lowest BCUT2D eigenvalue weighted by atomic mass is 10.1. The van der Waals surface area contributed by atoms with Gasteiger partial charge in [-0.15, -0.1) is 0 Å². The Hall–Kier alpha value is -3.46. The smallest absolute Gasteiger partial charge is 0.316 e. The van der Waals surface area contributed by atoms with Crippen molar-refractivity contribution in [3.8, 4) is 17.1 Å². The molecule has 0 unspecified atom stereocenters. The predicted octanol–water partition coefficient (Wildman–Crippen LogP) is 2.79. The molecule has 0 radical (unpaired) electrons. The van der Waals surface area contributed by atoms with Gasteiger partial charge >= 0.3 is 11.8 Å². The van der Waals surface area contributed by atoms with E-state index >= 15 is 0 Å². The average molecular weight is 438 g/mol.